The number of rotatable bonds is 3. The minimum atomic E-state index is -5.08. The first-order valence-electron chi connectivity index (χ1n) is 10.6. The number of halogens is 3. The number of carbonyl (C=O) groups is 1. The number of ether oxygens (including phenoxy) is 1. The molecule has 0 amide bonds. The third kappa shape index (κ3) is 5.80. The molecule has 1 aromatic carbocycles. The summed E-state index contributed by atoms with van der Waals surface area (Å²) < 4.78 is 37.7. The van der Waals surface area contributed by atoms with Crippen LogP contribution in [0.3, 0.4) is 0 Å². The number of hydrogen-bond donors (Lipinski definition) is 1. The summed E-state index contributed by atoms with van der Waals surface area (Å²) in [6.07, 6.45) is -3.99. The number of anilines is 1. The van der Waals surface area contributed by atoms with Gasteiger partial charge in [-0.3, -0.25) is 4.90 Å². The first-order valence-corrected chi connectivity index (χ1v) is 10.6. The number of carboxylic acids is 1. The van der Waals surface area contributed by atoms with Crippen LogP contribution in [0.2, 0.25) is 0 Å². The van der Waals surface area contributed by atoms with Crippen molar-refractivity contribution in [3.8, 4) is 0 Å². The van der Waals surface area contributed by atoms with E-state index in [2.05, 4.69) is 48.0 Å². The lowest BCUT2D eigenvalue weighted by atomic mass is 9.80. The zero-order valence-electron chi connectivity index (χ0n) is 19.2. The van der Waals surface area contributed by atoms with Crippen molar-refractivity contribution in [2.24, 2.45) is 0 Å². The van der Waals surface area contributed by atoms with Crippen molar-refractivity contribution >= 4 is 11.9 Å². The molecule has 0 radical (unpaired) electrons. The van der Waals surface area contributed by atoms with Gasteiger partial charge in [0, 0.05) is 38.4 Å². The van der Waals surface area contributed by atoms with E-state index in [-0.39, 0.29) is 5.41 Å². The molecule has 1 fully saturated rings. The maximum absolute atomic E-state index is 10.6. The highest BCUT2D eigenvalue weighted by molar-refractivity contribution is 5.73. The summed E-state index contributed by atoms with van der Waals surface area (Å²) in [5, 5.41) is 7.12. The zero-order valence-corrected chi connectivity index (χ0v) is 19.2. The summed E-state index contributed by atoms with van der Waals surface area (Å²) in [5.74, 6) is -1.95. The number of carboxylic acid groups (broad SMARTS) is 1. The van der Waals surface area contributed by atoms with E-state index in [1.165, 1.54) is 22.4 Å². The monoisotopic (exact) mass is 466 g/mol. The fourth-order valence-corrected chi connectivity index (χ4v) is 4.28. The van der Waals surface area contributed by atoms with Gasteiger partial charge in [-0.15, -0.1) is 0 Å². The fourth-order valence-electron chi connectivity index (χ4n) is 4.28. The van der Waals surface area contributed by atoms with E-state index in [0.29, 0.717) is 6.61 Å². The molecule has 2 aliphatic rings. The van der Waals surface area contributed by atoms with E-state index in [9.17, 15) is 13.2 Å². The standard InChI is InChI=1S/C21H28N4O.C2HF3O2/c1-15-6-5-7-17(10-15)11-25-9-8-21(13-25)14-26-12-18-16(2)22-20(24(3)4)23-19(18)21;3-2(4,5)1(6)7/h5-7,10H,8-9,11-14H2,1-4H3;(H,6,7). The van der Waals surface area contributed by atoms with Crippen LogP contribution >= 0.6 is 0 Å². The van der Waals surface area contributed by atoms with Gasteiger partial charge in [0.25, 0.3) is 0 Å². The molecule has 10 heteroatoms. The highest BCUT2D eigenvalue weighted by Crippen LogP contribution is 2.40. The van der Waals surface area contributed by atoms with Gasteiger partial charge in [0.05, 0.1) is 24.3 Å². The number of hydrogen-bond acceptors (Lipinski definition) is 6. The van der Waals surface area contributed by atoms with Crippen molar-refractivity contribution in [3.63, 3.8) is 0 Å². The van der Waals surface area contributed by atoms with Crippen LogP contribution in [-0.2, 0) is 28.1 Å². The maximum atomic E-state index is 10.6. The Labute approximate surface area is 191 Å². The lowest BCUT2D eigenvalue weighted by Crippen LogP contribution is -2.41. The Morgan fingerprint density at radius 2 is 1.97 bits per heavy atom. The fraction of sp³-hybridized carbons (Fsp3) is 0.522. The molecule has 7 nitrogen and oxygen atoms in total. The number of nitrogens with zero attached hydrogens (tertiary/aromatic N) is 4. The van der Waals surface area contributed by atoms with E-state index >= 15 is 0 Å². The predicted octanol–water partition coefficient (Wildman–Crippen LogP) is 3.47. The largest absolute Gasteiger partial charge is 0.490 e. The van der Waals surface area contributed by atoms with Crippen LogP contribution in [0.1, 0.15) is 34.5 Å². The van der Waals surface area contributed by atoms with Crippen LogP contribution in [0.25, 0.3) is 0 Å². The van der Waals surface area contributed by atoms with Gasteiger partial charge in [-0.05, 0) is 32.4 Å². The average Bonchev–Trinajstić information content (AvgIpc) is 3.11. The number of likely N-dealkylation sites (tertiary alicyclic amines) is 1. The predicted molar refractivity (Wildman–Crippen MR) is 117 cm³/mol. The Morgan fingerprint density at radius 1 is 1.27 bits per heavy atom. The summed E-state index contributed by atoms with van der Waals surface area (Å²) >= 11 is 0. The summed E-state index contributed by atoms with van der Waals surface area (Å²) in [5.41, 5.74) is 6.16. The smallest absolute Gasteiger partial charge is 0.475 e. The van der Waals surface area contributed by atoms with Crippen LogP contribution < -0.4 is 4.90 Å². The molecular weight excluding hydrogens is 437 g/mol. The second kappa shape index (κ2) is 9.64. The lowest BCUT2D eigenvalue weighted by Gasteiger charge is -2.35. The molecule has 33 heavy (non-hydrogen) atoms. The lowest BCUT2D eigenvalue weighted by molar-refractivity contribution is -0.192. The molecule has 0 saturated carbocycles. The van der Waals surface area contributed by atoms with Gasteiger partial charge in [0.15, 0.2) is 0 Å². The summed E-state index contributed by atoms with van der Waals surface area (Å²) in [7, 11) is 4.01. The van der Waals surface area contributed by atoms with Crippen molar-refractivity contribution in [3.05, 3.63) is 52.3 Å². The third-order valence-electron chi connectivity index (χ3n) is 5.89. The highest BCUT2D eigenvalue weighted by atomic mass is 19.4. The number of aromatic nitrogens is 2. The molecule has 2 aromatic rings. The van der Waals surface area contributed by atoms with Gasteiger partial charge >= 0.3 is 12.1 Å². The number of fused-ring (bicyclic) bond motifs is 2. The van der Waals surface area contributed by atoms with Crippen molar-refractivity contribution in [2.45, 2.75) is 45.0 Å². The van der Waals surface area contributed by atoms with Gasteiger partial charge in [-0.25, -0.2) is 14.8 Å². The van der Waals surface area contributed by atoms with Crippen molar-refractivity contribution in [1.82, 2.24) is 14.9 Å². The van der Waals surface area contributed by atoms with Crippen LogP contribution in [-0.4, -0.2) is 65.9 Å². The SMILES string of the molecule is Cc1cccc(CN2CCC3(COCc4c(C)nc(N(C)C)nc43)C2)c1.O=C(O)C(F)(F)F. The first-order chi connectivity index (χ1) is 15.4. The first kappa shape index (κ1) is 24.9. The molecular formula is C23H29F3N4O3. The molecule has 2 aliphatic heterocycles. The van der Waals surface area contributed by atoms with E-state index < -0.39 is 12.1 Å². The summed E-state index contributed by atoms with van der Waals surface area (Å²) in [6, 6.07) is 8.81. The molecule has 1 atom stereocenters. The highest BCUT2D eigenvalue weighted by Gasteiger charge is 2.45. The third-order valence-corrected chi connectivity index (χ3v) is 5.89. The molecule has 1 N–H and O–H groups in total. The average molecular weight is 467 g/mol. The van der Waals surface area contributed by atoms with Crippen molar-refractivity contribution < 1.29 is 27.8 Å². The Hall–Kier alpha value is -2.72. The summed E-state index contributed by atoms with van der Waals surface area (Å²) in [4.78, 5) is 23.1. The van der Waals surface area contributed by atoms with Gasteiger partial charge in [0.2, 0.25) is 5.95 Å². The molecule has 180 valence electrons. The van der Waals surface area contributed by atoms with Crippen LogP contribution in [0, 0.1) is 13.8 Å². The van der Waals surface area contributed by atoms with Gasteiger partial charge in [0.1, 0.15) is 0 Å². The van der Waals surface area contributed by atoms with Crippen molar-refractivity contribution in [2.75, 3.05) is 38.7 Å². The maximum Gasteiger partial charge on any atom is 0.490 e. The van der Waals surface area contributed by atoms with E-state index in [4.69, 9.17) is 19.6 Å². The van der Waals surface area contributed by atoms with Crippen LogP contribution in [0.5, 0.6) is 0 Å². The van der Waals surface area contributed by atoms with Crippen molar-refractivity contribution in [1.29, 1.82) is 0 Å². The van der Waals surface area contributed by atoms with Crippen LogP contribution in [0.15, 0.2) is 24.3 Å². The molecule has 1 aromatic heterocycles. The van der Waals surface area contributed by atoms with E-state index in [0.717, 1.165) is 44.3 Å². The molecule has 0 bridgehead atoms. The quantitative estimate of drug-likeness (QED) is 0.742. The molecule has 1 spiro atoms. The minimum Gasteiger partial charge on any atom is -0.475 e. The Bertz CT molecular complexity index is 1010. The van der Waals surface area contributed by atoms with Gasteiger partial charge in [-0.1, -0.05) is 29.8 Å². The second-order valence-corrected chi connectivity index (χ2v) is 8.86. The molecule has 1 saturated heterocycles. The minimum absolute atomic E-state index is 0.00410. The number of aryl methyl sites for hydroxylation is 2. The molecule has 0 aliphatic carbocycles. The number of alkyl halides is 3. The second-order valence-electron chi connectivity index (χ2n) is 8.86. The topological polar surface area (TPSA) is 78.8 Å². The molecule has 4 rings (SSSR count). The number of benzene rings is 1. The normalized spacial score (nSPS) is 20.2. The summed E-state index contributed by atoms with van der Waals surface area (Å²) in [6.45, 7) is 8.69. The Balaban J connectivity index is 0.000000383. The van der Waals surface area contributed by atoms with Gasteiger partial charge in [-0.2, -0.15) is 13.2 Å². The Kier molecular flexibility index (Phi) is 7.28. The van der Waals surface area contributed by atoms with Gasteiger partial charge < -0.3 is 14.7 Å². The zero-order chi connectivity index (χ0) is 24.4. The Morgan fingerprint density at radius 3 is 2.58 bits per heavy atom. The van der Waals surface area contributed by atoms with Crippen LogP contribution in [0.4, 0.5) is 19.1 Å². The molecule has 1 unspecified atom stereocenters. The number of aliphatic carboxylic acids is 1. The molecule has 3 heterocycles. The van der Waals surface area contributed by atoms with E-state index in [1.807, 2.05) is 19.0 Å². The van der Waals surface area contributed by atoms with E-state index in [1.54, 1.807) is 0 Å².